The standard InChI is InChI=1S/C28H28N6O2S2/c1-3-15-33-25(35)23(19-21-11-5-7-13-29-21)31-27(33)37-17-9-10-18-38-28-32-24(26(36)34(28)16-4-2)20-22-12-6-8-14-30-22/h3-8,11-14,19-20H,1-2,9-10,15-18H2. The molecule has 0 radical (unpaired) electrons. The van der Waals surface area contributed by atoms with Gasteiger partial charge in [0.25, 0.3) is 11.8 Å². The zero-order valence-corrected chi connectivity index (χ0v) is 22.5. The first-order valence-corrected chi connectivity index (χ1v) is 14.1. The van der Waals surface area contributed by atoms with Crippen LogP contribution >= 0.6 is 23.5 Å². The second-order valence-electron chi connectivity index (χ2n) is 8.17. The molecule has 4 rings (SSSR count). The number of aromatic nitrogens is 2. The van der Waals surface area contributed by atoms with E-state index in [0.717, 1.165) is 24.3 Å². The minimum atomic E-state index is -0.144. The lowest BCUT2D eigenvalue weighted by Gasteiger charge is -2.16. The van der Waals surface area contributed by atoms with Crippen LogP contribution in [-0.2, 0) is 9.59 Å². The SMILES string of the molecule is C=CCN1C(=O)C(=Cc2ccccn2)N=C1SCCCCSC1=NC(=Cc2ccccn2)C(=O)N1CC=C. The summed E-state index contributed by atoms with van der Waals surface area (Å²) in [6, 6.07) is 11.1. The topological polar surface area (TPSA) is 91.1 Å². The molecule has 2 aliphatic heterocycles. The van der Waals surface area contributed by atoms with Crippen molar-refractivity contribution in [3.8, 4) is 0 Å². The average molecular weight is 545 g/mol. The Hall–Kier alpha value is -3.76. The number of thioether (sulfide) groups is 2. The average Bonchev–Trinajstić information content (AvgIpc) is 3.38. The number of pyridine rings is 2. The largest absolute Gasteiger partial charge is 0.282 e. The summed E-state index contributed by atoms with van der Waals surface area (Å²) in [5.74, 6) is 1.33. The fourth-order valence-corrected chi connectivity index (χ4v) is 5.61. The molecular formula is C28H28N6O2S2. The molecule has 0 saturated heterocycles. The number of hydrogen-bond acceptors (Lipinski definition) is 8. The summed E-state index contributed by atoms with van der Waals surface area (Å²) in [7, 11) is 0. The van der Waals surface area contributed by atoms with Gasteiger partial charge in [0.2, 0.25) is 0 Å². The normalized spacial score (nSPS) is 17.4. The molecule has 0 unspecified atom stereocenters. The van der Waals surface area contributed by atoms with Gasteiger partial charge in [0, 0.05) is 37.0 Å². The lowest BCUT2D eigenvalue weighted by atomic mass is 10.3. The lowest BCUT2D eigenvalue weighted by Crippen LogP contribution is -2.30. The third kappa shape index (κ3) is 6.96. The summed E-state index contributed by atoms with van der Waals surface area (Å²) in [6.45, 7) is 8.35. The number of amidine groups is 2. The molecule has 0 saturated carbocycles. The summed E-state index contributed by atoms with van der Waals surface area (Å²) in [5.41, 5.74) is 2.14. The maximum absolute atomic E-state index is 12.8. The van der Waals surface area contributed by atoms with Crippen molar-refractivity contribution in [2.24, 2.45) is 9.98 Å². The minimum Gasteiger partial charge on any atom is -0.282 e. The third-order valence-corrected chi connectivity index (χ3v) is 7.52. The quantitative estimate of drug-likeness (QED) is 0.228. The molecule has 0 aromatic carbocycles. The van der Waals surface area contributed by atoms with Crippen molar-refractivity contribution in [3.63, 3.8) is 0 Å². The molecular weight excluding hydrogens is 516 g/mol. The number of rotatable bonds is 11. The van der Waals surface area contributed by atoms with Crippen LogP contribution in [0.25, 0.3) is 12.2 Å². The molecule has 10 heteroatoms. The van der Waals surface area contributed by atoms with Gasteiger partial charge < -0.3 is 0 Å². The lowest BCUT2D eigenvalue weighted by molar-refractivity contribution is -0.123. The number of unbranched alkanes of at least 4 members (excludes halogenated alkanes) is 1. The van der Waals surface area contributed by atoms with Crippen molar-refractivity contribution in [1.82, 2.24) is 19.8 Å². The Morgan fingerprint density at radius 2 is 1.16 bits per heavy atom. The zero-order chi connectivity index (χ0) is 26.7. The van der Waals surface area contributed by atoms with E-state index >= 15 is 0 Å². The fraction of sp³-hybridized carbons (Fsp3) is 0.214. The maximum Gasteiger partial charge on any atom is 0.278 e. The second kappa shape index (κ2) is 13.7. The molecule has 0 fully saturated rings. The van der Waals surface area contributed by atoms with Gasteiger partial charge in [0.05, 0.1) is 11.4 Å². The highest BCUT2D eigenvalue weighted by Crippen LogP contribution is 2.26. The van der Waals surface area contributed by atoms with Gasteiger partial charge >= 0.3 is 0 Å². The summed E-state index contributed by atoms with van der Waals surface area (Å²) < 4.78 is 0. The molecule has 2 aliphatic rings. The van der Waals surface area contributed by atoms with Gasteiger partial charge in [-0.2, -0.15) is 0 Å². The van der Waals surface area contributed by atoms with E-state index in [-0.39, 0.29) is 11.8 Å². The van der Waals surface area contributed by atoms with Crippen LogP contribution in [0, 0.1) is 0 Å². The molecule has 2 aromatic rings. The summed E-state index contributed by atoms with van der Waals surface area (Å²) in [5, 5.41) is 1.36. The van der Waals surface area contributed by atoms with Crippen LogP contribution in [0.2, 0.25) is 0 Å². The fourth-order valence-electron chi connectivity index (χ4n) is 3.60. The van der Waals surface area contributed by atoms with Crippen LogP contribution in [0.5, 0.6) is 0 Å². The maximum atomic E-state index is 12.8. The van der Waals surface area contributed by atoms with Crippen LogP contribution in [0.1, 0.15) is 24.2 Å². The van der Waals surface area contributed by atoms with E-state index in [1.54, 1.807) is 70.0 Å². The highest BCUT2D eigenvalue weighted by Gasteiger charge is 2.30. The Labute approximate surface area is 231 Å². The van der Waals surface area contributed by atoms with E-state index in [4.69, 9.17) is 0 Å². The van der Waals surface area contributed by atoms with Gasteiger partial charge in [-0.05, 0) is 49.3 Å². The van der Waals surface area contributed by atoms with Gasteiger partial charge in [-0.25, -0.2) is 9.98 Å². The Bertz CT molecular complexity index is 1200. The summed E-state index contributed by atoms with van der Waals surface area (Å²) in [6.07, 6.45) is 12.0. The molecule has 194 valence electrons. The second-order valence-corrected chi connectivity index (χ2v) is 10.3. The van der Waals surface area contributed by atoms with Crippen molar-refractivity contribution >= 4 is 57.8 Å². The van der Waals surface area contributed by atoms with Gasteiger partial charge in [-0.3, -0.25) is 29.4 Å². The molecule has 0 atom stereocenters. The molecule has 0 aliphatic carbocycles. The number of carbonyl (C=O) groups is 2. The monoisotopic (exact) mass is 544 g/mol. The first kappa shape index (κ1) is 27.3. The van der Waals surface area contributed by atoms with Crippen LogP contribution in [-0.4, -0.2) is 66.5 Å². The van der Waals surface area contributed by atoms with E-state index in [2.05, 4.69) is 33.1 Å². The van der Waals surface area contributed by atoms with Crippen molar-refractivity contribution in [3.05, 3.63) is 96.9 Å². The highest BCUT2D eigenvalue weighted by molar-refractivity contribution is 8.14. The number of hydrogen-bond donors (Lipinski definition) is 0. The number of aliphatic imine (C=N–C) groups is 2. The minimum absolute atomic E-state index is 0.144. The Kier molecular flexibility index (Phi) is 9.83. The molecule has 38 heavy (non-hydrogen) atoms. The molecule has 0 bridgehead atoms. The van der Waals surface area contributed by atoms with E-state index in [9.17, 15) is 9.59 Å². The van der Waals surface area contributed by atoms with Gasteiger partial charge in [-0.1, -0.05) is 47.8 Å². The Balaban J connectivity index is 1.30. The first-order valence-electron chi connectivity index (χ1n) is 12.1. The summed E-state index contributed by atoms with van der Waals surface area (Å²) in [4.78, 5) is 46.6. The predicted molar refractivity (Wildman–Crippen MR) is 157 cm³/mol. The molecule has 4 heterocycles. The molecule has 2 aromatic heterocycles. The Morgan fingerprint density at radius 1 is 0.711 bits per heavy atom. The van der Waals surface area contributed by atoms with Crippen LogP contribution < -0.4 is 0 Å². The number of carbonyl (C=O) groups excluding carboxylic acids is 2. The number of nitrogens with zero attached hydrogens (tertiary/aromatic N) is 6. The highest BCUT2D eigenvalue weighted by atomic mass is 32.2. The van der Waals surface area contributed by atoms with Crippen molar-refractivity contribution < 1.29 is 9.59 Å². The van der Waals surface area contributed by atoms with Crippen molar-refractivity contribution in [2.45, 2.75) is 12.8 Å². The summed E-state index contributed by atoms with van der Waals surface area (Å²) >= 11 is 3.11. The first-order chi connectivity index (χ1) is 18.6. The van der Waals surface area contributed by atoms with Gasteiger partial charge in [-0.15, -0.1) is 13.2 Å². The molecule has 2 amide bonds. The number of amides is 2. The van der Waals surface area contributed by atoms with Crippen LogP contribution in [0.3, 0.4) is 0 Å². The predicted octanol–water partition coefficient (Wildman–Crippen LogP) is 4.87. The van der Waals surface area contributed by atoms with E-state index in [1.165, 1.54) is 0 Å². The van der Waals surface area contributed by atoms with E-state index in [0.29, 0.717) is 46.2 Å². The van der Waals surface area contributed by atoms with Gasteiger partial charge in [0.1, 0.15) is 11.4 Å². The Morgan fingerprint density at radius 3 is 1.53 bits per heavy atom. The zero-order valence-electron chi connectivity index (χ0n) is 20.9. The van der Waals surface area contributed by atoms with Crippen molar-refractivity contribution in [1.29, 1.82) is 0 Å². The molecule has 8 nitrogen and oxygen atoms in total. The van der Waals surface area contributed by atoms with E-state index in [1.807, 2.05) is 36.4 Å². The molecule has 0 spiro atoms. The van der Waals surface area contributed by atoms with Gasteiger partial charge in [0.15, 0.2) is 10.3 Å². The third-order valence-electron chi connectivity index (χ3n) is 5.39. The smallest absolute Gasteiger partial charge is 0.278 e. The van der Waals surface area contributed by atoms with Crippen LogP contribution in [0.4, 0.5) is 0 Å². The van der Waals surface area contributed by atoms with Crippen molar-refractivity contribution in [2.75, 3.05) is 24.6 Å². The molecule has 0 N–H and O–H groups in total. The van der Waals surface area contributed by atoms with E-state index < -0.39 is 0 Å². The van der Waals surface area contributed by atoms with Crippen LogP contribution in [0.15, 0.2) is 95.5 Å².